The van der Waals surface area contributed by atoms with Gasteiger partial charge in [0.15, 0.2) is 0 Å². The summed E-state index contributed by atoms with van der Waals surface area (Å²) in [7, 11) is 1.81. The van der Waals surface area contributed by atoms with Crippen molar-refractivity contribution in [3.8, 4) is 0 Å². The van der Waals surface area contributed by atoms with Crippen LogP contribution in [-0.4, -0.2) is 57.0 Å². The molecule has 1 aliphatic heterocycles. The zero-order valence-electron chi connectivity index (χ0n) is 14.2. The molecule has 128 valence electrons. The molecule has 2 heterocycles. The number of likely N-dealkylation sites (tertiary alicyclic amines) is 1. The third-order valence-corrected chi connectivity index (χ3v) is 5.26. The number of aliphatic hydroxyl groups is 1. The minimum atomic E-state index is -0.489. The van der Waals surface area contributed by atoms with Gasteiger partial charge in [-0.1, -0.05) is 12.8 Å². The fraction of sp³-hybridized carbons (Fsp3) is 0.765. The molecule has 6 nitrogen and oxygen atoms in total. The van der Waals surface area contributed by atoms with Crippen molar-refractivity contribution in [2.24, 2.45) is 7.05 Å². The van der Waals surface area contributed by atoms with Gasteiger partial charge in [0, 0.05) is 19.3 Å². The minimum Gasteiger partial charge on any atom is -0.389 e. The molecule has 6 heteroatoms. The number of nitrogens with zero attached hydrogens (tertiary/aromatic N) is 3. The number of aliphatic hydroxyl groups excluding tert-OH is 1. The predicted octanol–water partition coefficient (Wildman–Crippen LogP) is 1.23. The van der Waals surface area contributed by atoms with E-state index < -0.39 is 6.10 Å². The first-order chi connectivity index (χ1) is 11.1. The van der Waals surface area contributed by atoms with E-state index in [1.807, 2.05) is 14.0 Å². The number of carbonyl (C=O) groups excluding carboxylic acids is 1. The normalized spacial score (nSPS) is 29.4. The van der Waals surface area contributed by atoms with Crippen LogP contribution in [0.1, 0.15) is 54.6 Å². The van der Waals surface area contributed by atoms with Crippen LogP contribution in [0.4, 0.5) is 0 Å². The summed E-state index contributed by atoms with van der Waals surface area (Å²) in [6.07, 6.45) is 7.73. The summed E-state index contributed by atoms with van der Waals surface area (Å²) in [5.41, 5.74) is 1.32. The zero-order chi connectivity index (χ0) is 16.4. The maximum Gasteiger partial charge on any atom is 0.255 e. The van der Waals surface area contributed by atoms with Crippen LogP contribution in [0.3, 0.4) is 0 Å². The maximum atomic E-state index is 12.5. The molecule has 0 bridgehead atoms. The highest BCUT2D eigenvalue weighted by Crippen LogP contribution is 2.26. The molecular formula is C17H28N4O2. The molecule has 2 N–H and O–H groups in total. The summed E-state index contributed by atoms with van der Waals surface area (Å²) >= 11 is 0. The molecule has 2 fully saturated rings. The van der Waals surface area contributed by atoms with Crippen LogP contribution in [0.15, 0.2) is 6.20 Å². The van der Waals surface area contributed by atoms with Crippen LogP contribution in [-0.2, 0) is 7.05 Å². The van der Waals surface area contributed by atoms with E-state index >= 15 is 0 Å². The third kappa shape index (κ3) is 3.58. The lowest BCUT2D eigenvalue weighted by Crippen LogP contribution is -2.52. The summed E-state index contributed by atoms with van der Waals surface area (Å²) < 4.78 is 1.65. The highest BCUT2D eigenvalue weighted by Gasteiger charge is 2.35. The van der Waals surface area contributed by atoms with E-state index in [1.54, 1.807) is 10.9 Å². The topological polar surface area (TPSA) is 70.4 Å². The van der Waals surface area contributed by atoms with Crippen molar-refractivity contribution in [2.75, 3.05) is 13.1 Å². The predicted molar refractivity (Wildman–Crippen MR) is 88.3 cm³/mol. The number of hydrogen-bond acceptors (Lipinski definition) is 4. The summed E-state index contributed by atoms with van der Waals surface area (Å²) in [5.74, 6) is -0.123. The molecule has 1 aromatic rings. The van der Waals surface area contributed by atoms with Gasteiger partial charge in [-0.3, -0.25) is 14.4 Å². The van der Waals surface area contributed by atoms with E-state index in [4.69, 9.17) is 0 Å². The monoisotopic (exact) mass is 320 g/mol. The zero-order valence-corrected chi connectivity index (χ0v) is 14.2. The van der Waals surface area contributed by atoms with E-state index in [-0.39, 0.29) is 18.0 Å². The van der Waals surface area contributed by atoms with Gasteiger partial charge in [0.1, 0.15) is 0 Å². The average molecular weight is 320 g/mol. The van der Waals surface area contributed by atoms with Gasteiger partial charge in [-0.15, -0.1) is 0 Å². The Hall–Kier alpha value is -1.40. The maximum absolute atomic E-state index is 12.5. The molecule has 1 aromatic heterocycles. The van der Waals surface area contributed by atoms with Crippen molar-refractivity contribution < 1.29 is 9.90 Å². The molecule has 0 unspecified atom stereocenters. The Morgan fingerprint density at radius 2 is 1.96 bits per heavy atom. The molecule has 2 aliphatic rings. The standard InChI is InChI=1S/C17H28N4O2/c1-12-13(11-20(2)19-12)17(23)18-14-7-3-4-8-15(16(14)22)21-9-5-6-10-21/h11,14-16,22H,3-10H2,1-2H3,(H,18,23)/t14-,15-,16-/m1/s1. The first-order valence-corrected chi connectivity index (χ1v) is 8.79. The Labute approximate surface area is 137 Å². The summed E-state index contributed by atoms with van der Waals surface area (Å²) in [6.45, 7) is 3.99. The second kappa shape index (κ2) is 7.01. The number of amides is 1. The number of rotatable bonds is 3. The number of nitrogens with one attached hydrogen (secondary N) is 1. The molecule has 3 atom stereocenters. The van der Waals surface area contributed by atoms with Crippen LogP contribution in [0.25, 0.3) is 0 Å². The van der Waals surface area contributed by atoms with Gasteiger partial charge in [-0.25, -0.2) is 0 Å². The van der Waals surface area contributed by atoms with Crippen molar-refractivity contribution in [1.29, 1.82) is 0 Å². The first kappa shape index (κ1) is 16.5. The number of hydrogen-bond donors (Lipinski definition) is 2. The molecule has 1 saturated carbocycles. The Morgan fingerprint density at radius 1 is 1.26 bits per heavy atom. The van der Waals surface area contributed by atoms with Gasteiger partial charge >= 0.3 is 0 Å². The van der Waals surface area contributed by atoms with Gasteiger partial charge in [-0.2, -0.15) is 5.10 Å². The number of aryl methyl sites for hydroxylation is 2. The SMILES string of the molecule is Cc1nn(C)cc1C(=O)N[C@@H]1CCCC[C@@H](N2CCCC2)[C@@H]1O. The lowest BCUT2D eigenvalue weighted by molar-refractivity contribution is 0.0338. The minimum absolute atomic E-state index is 0.123. The Kier molecular flexibility index (Phi) is 5.02. The highest BCUT2D eigenvalue weighted by molar-refractivity contribution is 5.95. The second-order valence-corrected chi connectivity index (χ2v) is 6.97. The smallest absolute Gasteiger partial charge is 0.255 e. The largest absolute Gasteiger partial charge is 0.389 e. The van der Waals surface area contributed by atoms with E-state index in [0.29, 0.717) is 5.56 Å². The van der Waals surface area contributed by atoms with E-state index in [0.717, 1.165) is 44.5 Å². The number of carbonyl (C=O) groups is 1. The van der Waals surface area contributed by atoms with Gasteiger partial charge in [0.25, 0.3) is 5.91 Å². The molecule has 0 spiro atoms. The van der Waals surface area contributed by atoms with E-state index in [2.05, 4.69) is 15.3 Å². The van der Waals surface area contributed by atoms with Gasteiger partial charge in [0.2, 0.25) is 0 Å². The van der Waals surface area contributed by atoms with Crippen molar-refractivity contribution in [3.05, 3.63) is 17.5 Å². The Morgan fingerprint density at radius 3 is 2.61 bits per heavy atom. The van der Waals surface area contributed by atoms with E-state index in [1.165, 1.54) is 12.8 Å². The Balaban J connectivity index is 1.70. The number of aromatic nitrogens is 2. The molecular weight excluding hydrogens is 292 g/mol. The van der Waals surface area contributed by atoms with Gasteiger partial charge < -0.3 is 10.4 Å². The fourth-order valence-electron chi connectivity index (χ4n) is 4.03. The van der Waals surface area contributed by atoms with E-state index in [9.17, 15) is 9.90 Å². The Bertz CT molecular complexity index is 551. The summed E-state index contributed by atoms with van der Waals surface area (Å²) in [4.78, 5) is 15.0. The highest BCUT2D eigenvalue weighted by atomic mass is 16.3. The molecule has 23 heavy (non-hydrogen) atoms. The molecule has 0 radical (unpaired) electrons. The van der Waals surface area contributed by atoms with Crippen LogP contribution >= 0.6 is 0 Å². The van der Waals surface area contributed by atoms with Crippen LogP contribution in [0.2, 0.25) is 0 Å². The van der Waals surface area contributed by atoms with Crippen LogP contribution in [0, 0.1) is 6.92 Å². The average Bonchev–Trinajstić information content (AvgIpc) is 3.11. The fourth-order valence-corrected chi connectivity index (χ4v) is 4.03. The molecule has 3 rings (SSSR count). The van der Waals surface area contributed by atoms with Gasteiger partial charge in [-0.05, 0) is 45.7 Å². The molecule has 1 aliphatic carbocycles. The summed E-state index contributed by atoms with van der Waals surface area (Å²) in [6, 6.07) is 0.00972. The van der Waals surface area contributed by atoms with Crippen molar-refractivity contribution >= 4 is 5.91 Å². The van der Waals surface area contributed by atoms with Crippen LogP contribution < -0.4 is 5.32 Å². The third-order valence-electron chi connectivity index (χ3n) is 5.26. The quantitative estimate of drug-likeness (QED) is 0.822. The van der Waals surface area contributed by atoms with Crippen molar-refractivity contribution in [1.82, 2.24) is 20.0 Å². The molecule has 1 saturated heterocycles. The first-order valence-electron chi connectivity index (χ1n) is 8.79. The van der Waals surface area contributed by atoms with Gasteiger partial charge in [0.05, 0.1) is 23.4 Å². The second-order valence-electron chi connectivity index (χ2n) is 6.97. The van der Waals surface area contributed by atoms with Crippen molar-refractivity contribution in [2.45, 2.75) is 63.6 Å². The molecule has 0 aromatic carbocycles. The summed E-state index contributed by atoms with van der Waals surface area (Å²) in [5, 5.41) is 18.2. The lowest BCUT2D eigenvalue weighted by Gasteiger charge is -2.34. The van der Waals surface area contributed by atoms with Crippen LogP contribution in [0.5, 0.6) is 0 Å². The van der Waals surface area contributed by atoms with Crippen molar-refractivity contribution in [3.63, 3.8) is 0 Å². The lowest BCUT2D eigenvalue weighted by atomic mass is 10.00. The molecule has 1 amide bonds.